The Kier molecular flexibility index (Phi) is 8.14. The van der Waals surface area contributed by atoms with Crippen LogP contribution in [0.5, 0.6) is 0 Å². The largest absolute Gasteiger partial charge is 0.430 e. The lowest BCUT2D eigenvalue weighted by Gasteiger charge is -2.43. The topological polar surface area (TPSA) is 43.5 Å². The van der Waals surface area contributed by atoms with Crippen LogP contribution in [-0.4, -0.2) is 49.6 Å². The van der Waals surface area contributed by atoms with E-state index in [4.69, 9.17) is 17.7 Å². The number of hydrogen-bond donors (Lipinski definition) is 0. The summed E-state index contributed by atoms with van der Waals surface area (Å²) >= 11 is 0. The van der Waals surface area contributed by atoms with Crippen LogP contribution < -0.4 is 10.4 Å². The molecule has 2 aromatic carbocycles. The summed E-state index contributed by atoms with van der Waals surface area (Å²) in [6.07, 6.45) is 12.4. The van der Waals surface area contributed by atoms with Gasteiger partial charge in [-0.05, 0) is 99.0 Å². The average molecular weight is 581 g/mol. The van der Waals surface area contributed by atoms with Gasteiger partial charge < -0.3 is 17.7 Å². The molecule has 7 heteroatoms. The maximum absolute atomic E-state index is 7.62. The Morgan fingerprint density at radius 3 is 1.38 bits per heavy atom. The van der Waals surface area contributed by atoms with Gasteiger partial charge in [-0.3, -0.25) is 0 Å². The standard InChI is InChI=1S/C32H48O4Si3/c1-37(2,21-19-25-15-17-29-31(23-25)33-29)35-39(27-11-7-5-8-12-27,28-13-9-6-10-14-28)36-38(3,4)22-20-26-16-18-30-32(24-26)34-30/h5-14,25-26,29-32H,15-24H2,1-4H3. The molecule has 0 aromatic heterocycles. The number of epoxide rings is 2. The molecule has 0 bridgehead atoms. The first kappa shape index (κ1) is 28.1. The van der Waals surface area contributed by atoms with Crippen molar-refractivity contribution in [3.63, 3.8) is 0 Å². The molecule has 4 nitrogen and oxygen atoms in total. The van der Waals surface area contributed by atoms with Gasteiger partial charge in [0, 0.05) is 0 Å². The Bertz CT molecular complexity index is 1010. The third-order valence-electron chi connectivity index (χ3n) is 9.68. The molecule has 2 aromatic rings. The monoisotopic (exact) mass is 580 g/mol. The highest BCUT2D eigenvalue weighted by molar-refractivity contribution is 7.02. The zero-order chi connectivity index (χ0) is 27.1. The van der Waals surface area contributed by atoms with Crippen molar-refractivity contribution in [3.05, 3.63) is 60.7 Å². The van der Waals surface area contributed by atoms with Crippen molar-refractivity contribution in [1.82, 2.24) is 0 Å². The zero-order valence-corrected chi connectivity index (χ0v) is 27.4. The van der Waals surface area contributed by atoms with Crippen LogP contribution in [0.4, 0.5) is 0 Å². The molecule has 2 saturated carbocycles. The van der Waals surface area contributed by atoms with Crippen LogP contribution in [0.2, 0.25) is 38.3 Å². The first-order valence-corrected chi connectivity index (χ1v) is 23.6. The van der Waals surface area contributed by atoms with E-state index < -0.39 is 25.2 Å². The molecule has 6 rings (SSSR count). The number of benzene rings is 2. The van der Waals surface area contributed by atoms with Crippen LogP contribution >= 0.6 is 0 Å². The zero-order valence-electron chi connectivity index (χ0n) is 24.4. The molecule has 6 unspecified atom stereocenters. The molecule has 0 N–H and O–H groups in total. The summed E-state index contributed by atoms with van der Waals surface area (Å²) in [6, 6.07) is 24.3. The van der Waals surface area contributed by atoms with Gasteiger partial charge in [0.1, 0.15) is 0 Å². The smallest absolute Gasteiger partial charge is 0.386 e. The van der Waals surface area contributed by atoms with Crippen molar-refractivity contribution >= 4 is 35.6 Å². The molecule has 0 spiro atoms. The van der Waals surface area contributed by atoms with Gasteiger partial charge in [0.15, 0.2) is 16.6 Å². The Morgan fingerprint density at radius 2 is 1.00 bits per heavy atom. The van der Waals surface area contributed by atoms with E-state index in [2.05, 4.69) is 86.9 Å². The third-order valence-corrected chi connectivity index (χ3v) is 21.6. The minimum atomic E-state index is -2.93. The molecule has 0 radical (unpaired) electrons. The molecule has 6 atom stereocenters. The summed E-state index contributed by atoms with van der Waals surface area (Å²) in [7, 11) is -7.04. The van der Waals surface area contributed by atoms with E-state index in [9.17, 15) is 0 Å². The number of rotatable bonds is 12. The summed E-state index contributed by atoms with van der Waals surface area (Å²) in [4.78, 5) is 0. The van der Waals surface area contributed by atoms with Crippen molar-refractivity contribution in [2.75, 3.05) is 0 Å². The Morgan fingerprint density at radius 1 is 0.590 bits per heavy atom. The van der Waals surface area contributed by atoms with Crippen LogP contribution in [0.15, 0.2) is 60.7 Å². The molecule has 2 saturated heterocycles. The fraction of sp³-hybridized carbons (Fsp3) is 0.625. The van der Waals surface area contributed by atoms with Crippen molar-refractivity contribution < 1.29 is 17.7 Å². The number of fused-ring (bicyclic) bond motifs is 2. The van der Waals surface area contributed by atoms with Gasteiger partial charge in [-0.2, -0.15) is 0 Å². The molecule has 4 aliphatic rings. The Labute approximate surface area is 239 Å². The second-order valence-electron chi connectivity index (χ2n) is 13.9. The summed E-state index contributed by atoms with van der Waals surface area (Å²) in [6.45, 7) is 9.75. The molecule has 4 fully saturated rings. The van der Waals surface area contributed by atoms with Gasteiger partial charge >= 0.3 is 8.56 Å². The predicted molar refractivity (Wildman–Crippen MR) is 166 cm³/mol. The van der Waals surface area contributed by atoms with E-state index in [-0.39, 0.29) is 0 Å². The fourth-order valence-electron chi connectivity index (χ4n) is 7.22. The van der Waals surface area contributed by atoms with Gasteiger partial charge in [-0.25, -0.2) is 0 Å². The quantitative estimate of drug-likeness (QED) is 0.210. The molecule has 2 aliphatic carbocycles. The molecule has 2 aliphatic heterocycles. The maximum atomic E-state index is 7.62. The lowest BCUT2D eigenvalue weighted by molar-refractivity contribution is 0.348. The Balaban J connectivity index is 1.24. The first-order chi connectivity index (χ1) is 18.7. The molecular formula is C32H48O4Si3. The average Bonchev–Trinajstić information content (AvgIpc) is 3.86. The number of ether oxygens (including phenoxy) is 2. The maximum Gasteiger partial charge on any atom is 0.386 e. The number of hydrogen-bond acceptors (Lipinski definition) is 4. The van der Waals surface area contributed by atoms with Crippen LogP contribution in [0.25, 0.3) is 0 Å². The highest BCUT2D eigenvalue weighted by Crippen LogP contribution is 2.43. The van der Waals surface area contributed by atoms with E-state index in [1.807, 2.05) is 0 Å². The summed E-state index contributed by atoms with van der Waals surface area (Å²) in [5.41, 5.74) is 0. The first-order valence-electron chi connectivity index (χ1n) is 15.5. The second-order valence-corrected chi connectivity index (χ2v) is 26.0. The van der Waals surface area contributed by atoms with Crippen molar-refractivity contribution in [3.8, 4) is 0 Å². The van der Waals surface area contributed by atoms with Crippen LogP contribution in [0, 0.1) is 11.8 Å². The van der Waals surface area contributed by atoms with E-state index in [1.54, 1.807) is 0 Å². The third kappa shape index (κ3) is 6.88. The highest BCUT2D eigenvalue weighted by atomic mass is 28.5. The minimum absolute atomic E-state index is 0.549. The van der Waals surface area contributed by atoms with Crippen molar-refractivity contribution in [2.45, 2.75) is 114 Å². The molecular weight excluding hydrogens is 533 g/mol. The molecule has 2 heterocycles. The van der Waals surface area contributed by atoms with E-state index >= 15 is 0 Å². The molecule has 0 amide bonds. The lowest BCUT2D eigenvalue weighted by Crippen LogP contribution is -2.70. The second kappa shape index (κ2) is 11.3. The van der Waals surface area contributed by atoms with Gasteiger partial charge in [0.2, 0.25) is 0 Å². The minimum Gasteiger partial charge on any atom is -0.430 e. The summed E-state index contributed by atoms with van der Waals surface area (Å²) in [5, 5.41) is 2.52. The lowest BCUT2D eigenvalue weighted by atomic mass is 9.88. The van der Waals surface area contributed by atoms with E-state index in [0.29, 0.717) is 24.4 Å². The van der Waals surface area contributed by atoms with Crippen LogP contribution in [0.1, 0.15) is 51.4 Å². The van der Waals surface area contributed by atoms with Crippen LogP contribution in [-0.2, 0) is 17.7 Å². The van der Waals surface area contributed by atoms with Gasteiger partial charge in [0.25, 0.3) is 0 Å². The van der Waals surface area contributed by atoms with Gasteiger partial charge in [0.05, 0.1) is 24.4 Å². The molecule has 39 heavy (non-hydrogen) atoms. The Hall–Kier alpha value is -1.07. The summed E-state index contributed by atoms with van der Waals surface area (Å²) < 4.78 is 26.9. The van der Waals surface area contributed by atoms with Crippen molar-refractivity contribution in [1.29, 1.82) is 0 Å². The van der Waals surface area contributed by atoms with E-state index in [1.165, 1.54) is 73.8 Å². The van der Waals surface area contributed by atoms with Gasteiger partial charge in [-0.1, -0.05) is 73.5 Å². The summed E-state index contributed by atoms with van der Waals surface area (Å²) in [5.74, 6) is 1.57. The van der Waals surface area contributed by atoms with Crippen molar-refractivity contribution in [2.24, 2.45) is 11.8 Å². The fourth-order valence-corrected chi connectivity index (χ4v) is 20.5. The van der Waals surface area contributed by atoms with Crippen LogP contribution in [0.3, 0.4) is 0 Å². The predicted octanol–water partition coefficient (Wildman–Crippen LogP) is 6.60. The molecule has 212 valence electrons. The van der Waals surface area contributed by atoms with E-state index in [0.717, 1.165) is 11.8 Å². The SMILES string of the molecule is C[Si](C)(CCC1CCC2OC2C1)O[Si](O[Si](C)(C)CCC1CCC2OC2C1)(c1ccccc1)c1ccccc1. The normalized spacial score (nSPS) is 30.4. The highest BCUT2D eigenvalue weighted by Gasteiger charge is 2.51. The van der Waals surface area contributed by atoms with Gasteiger partial charge in [-0.15, -0.1) is 0 Å².